The van der Waals surface area contributed by atoms with Crippen molar-refractivity contribution in [1.82, 2.24) is 10.3 Å². The second kappa shape index (κ2) is 8.61. The molecule has 2 amide bonds. The van der Waals surface area contributed by atoms with Gasteiger partial charge in [0.1, 0.15) is 11.6 Å². The fraction of sp³-hybridized carbons (Fsp3) is 0.333. The van der Waals surface area contributed by atoms with Crippen LogP contribution in [0.15, 0.2) is 48.7 Å². The van der Waals surface area contributed by atoms with Gasteiger partial charge < -0.3 is 20.4 Å². The molecule has 0 fully saturated rings. The number of rotatable bonds is 5. The number of aryl methyl sites for hydroxylation is 2. The minimum absolute atomic E-state index is 0.293. The van der Waals surface area contributed by atoms with Crippen LogP contribution in [0.1, 0.15) is 37.5 Å². The fourth-order valence-electron chi connectivity index (χ4n) is 3.35. The van der Waals surface area contributed by atoms with Crippen LogP contribution in [-0.2, 0) is 16.0 Å². The van der Waals surface area contributed by atoms with E-state index < -0.39 is 17.7 Å². The zero-order valence-electron chi connectivity index (χ0n) is 18.1. The van der Waals surface area contributed by atoms with Gasteiger partial charge in [0.15, 0.2) is 0 Å². The number of nitrogens with one attached hydrogen (secondary N) is 3. The van der Waals surface area contributed by atoms with Gasteiger partial charge in [0.05, 0.1) is 0 Å². The average Bonchev–Trinajstić information content (AvgIpc) is 3.05. The Morgan fingerprint density at radius 2 is 1.83 bits per heavy atom. The fourth-order valence-corrected chi connectivity index (χ4v) is 3.35. The molecule has 3 N–H and O–H groups in total. The number of aromatic nitrogens is 1. The smallest absolute Gasteiger partial charge is 0.408 e. The minimum Gasteiger partial charge on any atom is -0.444 e. The van der Waals surface area contributed by atoms with Gasteiger partial charge in [-0.25, -0.2) is 4.79 Å². The standard InChI is InChI=1S/C24H29N3O3/c1-15-10-11-19(16(2)12-15)26-22(28)21(27-23(29)30-24(3,4)5)13-17-14-25-20-9-7-6-8-18(17)20/h6-12,14,21,25H,13H2,1-5H3,(H,26,28)(H,27,29). The average molecular weight is 408 g/mol. The molecule has 2 aromatic carbocycles. The number of benzene rings is 2. The summed E-state index contributed by atoms with van der Waals surface area (Å²) < 4.78 is 5.38. The molecule has 158 valence electrons. The van der Waals surface area contributed by atoms with Crippen molar-refractivity contribution in [2.45, 2.75) is 52.7 Å². The first kappa shape index (κ1) is 21.4. The number of para-hydroxylation sites is 1. The number of alkyl carbamates (subject to hydrolysis) is 1. The number of fused-ring (bicyclic) bond motifs is 1. The Hall–Kier alpha value is -3.28. The van der Waals surface area contributed by atoms with Crippen LogP contribution in [0.5, 0.6) is 0 Å². The molecule has 30 heavy (non-hydrogen) atoms. The molecular weight excluding hydrogens is 378 g/mol. The predicted octanol–water partition coefficient (Wildman–Crippen LogP) is 4.86. The second-order valence-electron chi connectivity index (χ2n) is 8.57. The van der Waals surface area contributed by atoms with Crippen LogP contribution < -0.4 is 10.6 Å². The molecule has 1 unspecified atom stereocenters. The van der Waals surface area contributed by atoms with Crippen LogP contribution in [0.4, 0.5) is 10.5 Å². The quantitative estimate of drug-likeness (QED) is 0.565. The lowest BCUT2D eigenvalue weighted by atomic mass is 10.0. The monoisotopic (exact) mass is 407 g/mol. The Balaban J connectivity index is 1.84. The lowest BCUT2D eigenvalue weighted by Crippen LogP contribution is -2.47. The van der Waals surface area contributed by atoms with Crippen LogP contribution in [-0.4, -0.2) is 28.6 Å². The summed E-state index contributed by atoms with van der Waals surface area (Å²) in [5, 5.41) is 6.71. The number of anilines is 1. The Bertz CT molecular complexity index is 1060. The summed E-state index contributed by atoms with van der Waals surface area (Å²) in [7, 11) is 0. The van der Waals surface area contributed by atoms with Crippen molar-refractivity contribution in [2.24, 2.45) is 0 Å². The zero-order chi connectivity index (χ0) is 21.9. The van der Waals surface area contributed by atoms with E-state index >= 15 is 0 Å². The molecule has 0 saturated heterocycles. The second-order valence-corrected chi connectivity index (χ2v) is 8.57. The molecule has 0 saturated carbocycles. The van der Waals surface area contributed by atoms with Crippen molar-refractivity contribution in [3.63, 3.8) is 0 Å². The van der Waals surface area contributed by atoms with Crippen molar-refractivity contribution in [3.05, 3.63) is 65.4 Å². The van der Waals surface area contributed by atoms with Gasteiger partial charge in [-0.2, -0.15) is 0 Å². The highest BCUT2D eigenvalue weighted by Crippen LogP contribution is 2.21. The van der Waals surface area contributed by atoms with E-state index in [-0.39, 0.29) is 5.91 Å². The first-order valence-electron chi connectivity index (χ1n) is 10.0. The number of aromatic amines is 1. The van der Waals surface area contributed by atoms with Gasteiger partial charge >= 0.3 is 6.09 Å². The maximum Gasteiger partial charge on any atom is 0.408 e. The highest BCUT2D eigenvalue weighted by Gasteiger charge is 2.26. The molecule has 0 aliphatic carbocycles. The third-order valence-corrected chi connectivity index (χ3v) is 4.75. The van der Waals surface area contributed by atoms with Gasteiger partial charge in [-0.3, -0.25) is 4.79 Å². The van der Waals surface area contributed by atoms with Crippen molar-refractivity contribution < 1.29 is 14.3 Å². The number of amides is 2. The molecule has 6 nitrogen and oxygen atoms in total. The van der Waals surface area contributed by atoms with E-state index in [2.05, 4.69) is 15.6 Å². The lowest BCUT2D eigenvalue weighted by molar-refractivity contribution is -0.118. The van der Waals surface area contributed by atoms with Crippen LogP contribution in [0.3, 0.4) is 0 Å². The van der Waals surface area contributed by atoms with Crippen molar-refractivity contribution in [2.75, 3.05) is 5.32 Å². The number of carbonyl (C=O) groups excluding carboxylic acids is 2. The third-order valence-electron chi connectivity index (χ3n) is 4.75. The van der Waals surface area contributed by atoms with E-state index in [1.54, 1.807) is 20.8 Å². The van der Waals surface area contributed by atoms with Crippen LogP contribution >= 0.6 is 0 Å². The van der Waals surface area contributed by atoms with Crippen LogP contribution in [0.25, 0.3) is 10.9 Å². The van der Waals surface area contributed by atoms with Crippen molar-refractivity contribution >= 4 is 28.6 Å². The highest BCUT2D eigenvalue weighted by molar-refractivity contribution is 5.98. The van der Waals surface area contributed by atoms with E-state index in [0.29, 0.717) is 6.42 Å². The van der Waals surface area contributed by atoms with Gasteiger partial charge in [-0.05, 0) is 57.9 Å². The Labute approximate surface area is 177 Å². The van der Waals surface area contributed by atoms with Gasteiger partial charge in [0, 0.05) is 29.2 Å². The molecule has 1 aromatic heterocycles. The molecule has 3 aromatic rings. The Morgan fingerprint density at radius 1 is 1.10 bits per heavy atom. The Morgan fingerprint density at radius 3 is 2.53 bits per heavy atom. The molecule has 0 aliphatic heterocycles. The van der Waals surface area contributed by atoms with E-state index in [4.69, 9.17) is 4.74 Å². The van der Waals surface area contributed by atoms with Gasteiger partial charge in [0.25, 0.3) is 0 Å². The summed E-state index contributed by atoms with van der Waals surface area (Å²) in [6.07, 6.45) is 1.59. The van der Waals surface area contributed by atoms with Gasteiger partial charge in [-0.1, -0.05) is 35.9 Å². The summed E-state index contributed by atoms with van der Waals surface area (Å²) in [6.45, 7) is 9.31. The lowest BCUT2D eigenvalue weighted by Gasteiger charge is -2.23. The van der Waals surface area contributed by atoms with E-state index in [1.165, 1.54) is 0 Å². The van der Waals surface area contributed by atoms with Gasteiger partial charge in [0.2, 0.25) is 5.91 Å². The van der Waals surface area contributed by atoms with Gasteiger partial charge in [-0.15, -0.1) is 0 Å². The normalized spacial score (nSPS) is 12.4. The molecule has 0 aliphatic rings. The maximum atomic E-state index is 13.1. The first-order chi connectivity index (χ1) is 14.1. The molecule has 0 radical (unpaired) electrons. The summed E-state index contributed by atoms with van der Waals surface area (Å²) in [6, 6.07) is 12.9. The number of carbonyl (C=O) groups is 2. The highest BCUT2D eigenvalue weighted by atomic mass is 16.6. The number of ether oxygens (including phenoxy) is 1. The topological polar surface area (TPSA) is 83.2 Å². The molecule has 0 bridgehead atoms. The molecule has 1 heterocycles. The zero-order valence-corrected chi connectivity index (χ0v) is 18.1. The Kier molecular flexibility index (Phi) is 6.15. The SMILES string of the molecule is Cc1ccc(NC(=O)C(Cc2c[nH]c3ccccc23)NC(=O)OC(C)(C)C)c(C)c1. The summed E-state index contributed by atoms with van der Waals surface area (Å²) in [5.41, 5.74) is 4.08. The summed E-state index contributed by atoms with van der Waals surface area (Å²) in [5.74, 6) is -0.293. The largest absolute Gasteiger partial charge is 0.444 e. The van der Waals surface area contributed by atoms with E-state index in [0.717, 1.165) is 33.3 Å². The van der Waals surface area contributed by atoms with E-state index in [9.17, 15) is 9.59 Å². The van der Waals surface area contributed by atoms with Crippen LogP contribution in [0, 0.1) is 13.8 Å². The molecule has 1 atom stereocenters. The maximum absolute atomic E-state index is 13.1. The summed E-state index contributed by atoms with van der Waals surface area (Å²) in [4.78, 5) is 28.7. The summed E-state index contributed by atoms with van der Waals surface area (Å²) >= 11 is 0. The van der Waals surface area contributed by atoms with Crippen molar-refractivity contribution in [1.29, 1.82) is 0 Å². The third kappa shape index (κ3) is 5.41. The first-order valence-corrected chi connectivity index (χ1v) is 10.0. The van der Waals surface area contributed by atoms with E-state index in [1.807, 2.05) is 62.5 Å². The van der Waals surface area contributed by atoms with Crippen molar-refractivity contribution in [3.8, 4) is 0 Å². The number of H-pyrrole nitrogens is 1. The number of hydrogen-bond acceptors (Lipinski definition) is 3. The van der Waals surface area contributed by atoms with Crippen LogP contribution in [0.2, 0.25) is 0 Å². The molecular formula is C24H29N3O3. The molecule has 3 rings (SSSR count). The minimum atomic E-state index is -0.792. The predicted molar refractivity (Wildman–Crippen MR) is 120 cm³/mol. The number of hydrogen-bond donors (Lipinski definition) is 3. The molecule has 6 heteroatoms. The molecule has 0 spiro atoms.